The summed E-state index contributed by atoms with van der Waals surface area (Å²) in [5, 5.41) is 23.6. The van der Waals surface area contributed by atoms with Gasteiger partial charge in [-0.15, -0.1) is 0 Å². The predicted octanol–water partition coefficient (Wildman–Crippen LogP) is 7.24. The molecular formula is C33H65N2O7P. The van der Waals surface area contributed by atoms with Crippen molar-refractivity contribution in [2.45, 2.75) is 161 Å². The minimum Gasteiger partial charge on any atom is -0.392 e. The number of allylic oxidation sites excluding steroid dienone is 2. The lowest BCUT2D eigenvalue weighted by Gasteiger charge is -2.23. The summed E-state index contributed by atoms with van der Waals surface area (Å²) in [5.74, 6) is -0.485. The Morgan fingerprint density at radius 3 is 1.86 bits per heavy atom. The van der Waals surface area contributed by atoms with E-state index in [2.05, 4.69) is 19.2 Å². The van der Waals surface area contributed by atoms with Crippen LogP contribution in [0.15, 0.2) is 24.3 Å². The zero-order valence-electron chi connectivity index (χ0n) is 27.3. The summed E-state index contributed by atoms with van der Waals surface area (Å²) in [4.78, 5) is 22.5. The van der Waals surface area contributed by atoms with E-state index in [-0.39, 0.29) is 19.6 Å². The van der Waals surface area contributed by atoms with E-state index >= 15 is 0 Å². The molecule has 0 spiro atoms. The first-order valence-corrected chi connectivity index (χ1v) is 18.5. The molecule has 0 aromatic heterocycles. The van der Waals surface area contributed by atoms with Crippen LogP contribution in [0.25, 0.3) is 0 Å². The van der Waals surface area contributed by atoms with Crippen molar-refractivity contribution in [3.05, 3.63) is 24.3 Å². The van der Waals surface area contributed by atoms with Gasteiger partial charge >= 0.3 is 7.82 Å². The van der Waals surface area contributed by atoms with Crippen molar-refractivity contribution in [3.63, 3.8) is 0 Å². The van der Waals surface area contributed by atoms with Crippen LogP contribution in [-0.4, -0.2) is 59.0 Å². The molecule has 0 bridgehead atoms. The maximum atomic E-state index is 12.6. The van der Waals surface area contributed by atoms with Crippen LogP contribution < -0.4 is 11.1 Å². The minimum atomic E-state index is -4.39. The minimum absolute atomic E-state index is 0.0453. The number of amides is 1. The quantitative estimate of drug-likeness (QED) is 0.0305. The lowest BCUT2D eigenvalue weighted by atomic mass is 10.0. The Bertz CT molecular complexity index is 751. The molecule has 6 N–H and O–H groups in total. The molecule has 1 amide bonds. The fourth-order valence-electron chi connectivity index (χ4n) is 4.70. The van der Waals surface area contributed by atoms with Crippen LogP contribution in [0.3, 0.4) is 0 Å². The molecule has 0 aromatic rings. The molecule has 4 atom stereocenters. The maximum absolute atomic E-state index is 12.6. The van der Waals surface area contributed by atoms with Gasteiger partial charge in [-0.2, -0.15) is 0 Å². The number of hydrogen-bond donors (Lipinski definition) is 5. The van der Waals surface area contributed by atoms with Gasteiger partial charge in [0, 0.05) is 6.54 Å². The number of unbranched alkanes of at least 4 members (excludes halogenated alkanes) is 16. The predicted molar refractivity (Wildman–Crippen MR) is 177 cm³/mol. The molecular weight excluding hydrogens is 567 g/mol. The van der Waals surface area contributed by atoms with Gasteiger partial charge in [-0.3, -0.25) is 13.8 Å². The first kappa shape index (κ1) is 41.9. The fraction of sp³-hybridized carbons (Fsp3) is 0.848. The lowest BCUT2D eigenvalue weighted by molar-refractivity contribution is -0.124. The monoisotopic (exact) mass is 632 g/mol. The molecule has 0 aliphatic heterocycles. The highest BCUT2D eigenvalue weighted by atomic mass is 31.2. The topological polar surface area (TPSA) is 151 Å². The van der Waals surface area contributed by atoms with Gasteiger partial charge in [0.05, 0.1) is 37.9 Å². The van der Waals surface area contributed by atoms with Crippen molar-refractivity contribution in [2.75, 3.05) is 19.8 Å². The van der Waals surface area contributed by atoms with E-state index in [0.29, 0.717) is 6.42 Å². The average Bonchev–Trinajstić information content (AvgIpc) is 2.97. The van der Waals surface area contributed by atoms with Gasteiger partial charge in [0.25, 0.3) is 0 Å². The maximum Gasteiger partial charge on any atom is 0.472 e. The van der Waals surface area contributed by atoms with Gasteiger partial charge in [0.1, 0.15) is 0 Å². The molecule has 4 unspecified atom stereocenters. The normalized spacial score (nSPS) is 15.6. The van der Waals surface area contributed by atoms with E-state index in [0.717, 1.165) is 32.1 Å². The molecule has 0 aromatic carbocycles. The lowest BCUT2D eigenvalue weighted by Crippen LogP contribution is -2.46. The van der Waals surface area contributed by atoms with Crippen LogP contribution >= 0.6 is 7.82 Å². The smallest absolute Gasteiger partial charge is 0.392 e. The standard InChI is InChI=1S/C33H65N2O7P/c1-3-5-7-9-11-12-13-14-15-16-17-19-21-23-25-32(37)31(29-42-43(39,40)41-27-26-34)35-33(38)28-30(36)24-22-20-18-10-8-6-4-2/h20,22-23,25,30-32,36-37H,3-19,21,24,26-29,34H2,1-2H3,(H,35,38)(H,39,40)/b22-20-,25-23+. The van der Waals surface area contributed by atoms with E-state index in [9.17, 15) is 24.5 Å². The van der Waals surface area contributed by atoms with Gasteiger partial charge < -0.3 is 26.2 Å². The third-order valence-corrected chi connectivity index (χ3v) is 8.31. The summed E-state index contributed by atoms with van der Waals surface area (Å²) < 4.78 is 21.9. The largest absolute Gasteiger partial charge is 0.472 e. The molecule has 254 valence electrons. The van der Waals surface area contributed by atoms with Crippen LogP contribution in [-0.2, 0) is 18.4 Å². The molecule has 0 radical (unpaired) electrons. The summed E-state index contributed by atoms with van der Waals surface area (Å²) >= 11 is 0. The summed E-state index contributed by atoms with van der Waals surface area (Å²) in [6, 6.07) is -0.992. The number of aliphatic hydroxyl groups is 2. The first-order chi connectivity index (χ1) is 20.8. The second-order valence-corrected chi connectivity index (χ2v) is 13.0. The van der Waals surface area contributed by atoms with E-state index in [4.69, 9.17) is 14.8 Å². The molecule has 0 rings (SSSR count). The number of carbonyl (C=O) groups excluding carboxylic acids is 1. The summed E-state index contributed by atoms with van der Waals surface area (Å²) in [5.41, 5.74) is 5.32. The van der Waals surface area contributed by atoms with E-state index in [1.165, 1.54) is 83.5 Å². The summed E-state index contributed by atoms with van der Waals surface area (Å²) in [6.07, 6.45) is 27.2. The van der Waals surface area contributed by atoms with Crippen LogP contribution in [0.1, 0.15) is 142 Å². The van der Waals surface area contributed by atoms with Gasteiger partial charge in [-0.05, 0) is 32.1 Å². The second kappa shape index (κ2) is 29.6. The SMILES string of the molecule is CCCCCC/C=C\CC(O)CC(=O)NC(COP(=O)(O)OCCN)C(O)/C=C/CCCCCCCCCCCCCC. The van der Waals surface area contributed by atoms with E-state index in [1.54, 1.807) is 6.08 Å². The number of phosphoric ester groups is 1. The molecule has 0 aliphatic rings. The Balaban J connectivity index is 4.55. The highest BCUT2D eigenvalue weighted by Gasteiger charge is 2.27. The Morgan fingerprint density at radius 2 is 1.30 bits per heavy atom. The van der Waals surface area contributed by atoms with Gasteiger partial charge in [-0.1, -0.05) is 128 Å². The molecule has 0 fully saturated rings. The van der Waals surface area contributed by atoms with Crippen molar-refractivity contribution in [2.24, 2.45) is 5.73 Å². The van der Waals surface area contributed by atoms with Gasteiger partial charge in [0.15, 0.2) is 0 Å². The van der Waals surface area contributed by atoms with Crippen molar-refractivity contribution in [1.29, 1.82) is 0 Å². The Hall–Kier alpha value is -1.06. The zero-order valence-corrected chi connectivity index (χ0v) is 28.2. The van der Waals surface area contributed by atoms with Crippen molar-refractivity contribution >= 4 is 13.7 Å². The molecule has 0 aliphatic carbocycles. The van der Waals surface area contributed by atoms with E-state index < -0.39 is 38.6 Å². The van der Waals surface area contributed by atoms with E-state index in [1.807, 2.05) is 18.2 Å². The molecule has 10 heteroatoms. The Kier molecular flexibility index (Phi) is 28.9. The summed E-state index contributed by atoms with van der Waals surface area (Å²) in [6.45, 7) is 3.85. The first-order valence-electron chi connectivity index (χ1n) is 17.0. The van der Waals surface area contributed by atoms with Crippen molar-refractivity contribution < 1.29 is 33.5 Å². The van der Waals surface area contributed by atoms with Crippen LogP contribution in [0.5, 0.6) is 0 Å². The summed E-state index contributed by atoms with van der Waals surface area (Å²) in [7, 11) is -4.39. The van der Waals surface area contributed by atoms with Gasteiger partial charge in [-0.25, -0.2) is 4.57 Å². The average molecular weight is 633 g/mol. The third kappa shape index (κ3) is 28.2. The Morgan fingerprint density at radius 1 is 0.791 bits per heavy atom. The number of hydrogen-bond acceptors (Lipinski definition) is 7. The number of aliphatic hydroxyl groups excluding tert-OH is 2. The fourth-order valence-corrected chi connectivity index (χ4v) is 5.46. The number of nitrogens with two attached hydrogens (primary N) is 1. The second-order valence-electron chi connectivity index (χ2n) is 11.6. The molecule has 9 nitrogen and oxygen atoms in total. The zero-order chi connectivity index (χ0) is 32.0. The number of phosphoric acid groups is 1. The highest BCUT2D eigenvalue weighted by Crippen LogP contribution is 2.43. The van der Waals surface area contributed by atoms with Crippen molar-refractivity contribution in [1.82, 2.24) is 5.32 Å². The molecule has 43 heavy (non-hydrogen) atoms. The molecule has 0 saturated heterocycles. The Labute approximate surface area is 262 Å². The molecule has 0 heterocycles. The van der Waals surface area contributed by atoms with Crippen LogP contribution in [0, 0.1) is 0 Å². The third-order valence-electron chi connectivity index (χ3n) is 7.33. The van der Waals surface area contributed by atoms with Crippen LogP contribution in [0.2, 0.25) is 0 Å². The number of nitrogens with one attached hydrogen (secondary N) is 1. The number of rotatable bonds is 31. The van der Waals surface area contributed by atoms with Gasteiger partial charge in [0.2, 0.25) is 5.91 Å². The molecule has 0 saturated carbocycles. The van der Waals surface area contributed by atoms with Crippen molar-refractivity contribution in [3.8, 4) is 0 Å². The van der Waals surface area contributed by atoms with Crippen LogP contribution in [0.4, 0.5) is 0 Å². The highest BCUT2D eigenvalue weighted by molar-refractivity contribution is 7.47. The number of carbonyl (C=O) groups is 1.